The van der Waals surface area contributed by atoms with E-state index < -0.39 is 0 Å². The molecule has 2 heterocycles. The zero-order valence-corrected chi connectivity index (χ0v) is 11.3. The summed E-state index contributed by atoms with van der Waals surface area (Å²) in [4.78, 5) is 8.39. The van der Waals surface area contributed by atoms with Crippen LogP contribution in [0.5, 0.6) is 0 Å². The van der Waals surface area contributed by atoms with E-state index in [1.807, 2.05) is 29.6 Å². The second-order valence-corrected chi connectivity index (χ2v) is 4.90. The second kappa shape index (κ2) is 5.38. The van der Waals surface area contributed by atoms with E-state index in [1.54, 1.807) is 5.51 Å². The minimum Gasteiger partial charge on any atom is -0.376 e. The van der Waals surface area contributed by atoms with Crippen LogP contribution in [0.25, 0.3) is 11.5 Å². The fourth-order valence-electron chi connectivity index (χ4n) is 1.50. The molecule has 2 aromatic heterocycles. The number of benzene rings is 1. The van der Waals surface area contributed by atoms with Crippen LogP contribution in [-0.2, 0) is 6.54 Å². The number of aromatic nitrogens is 3. The van der Waals surface area contributed by atoms with E-state index in [2.05, 4.69) is 20.4 Å². The number of hydrogen-bond acceptors (Lipinski definition) is 6. The van der Waals surface area contributed by atoms with Crippen molar-refractivity contribution >= 4 is 28.6 Å². The van der Waals surface area contributed by atoms with Crippen LogP contribution in [0.3, 0.4) is 0 Å². The molecule has 3 aromatic rings. The molecule has 0 unspecified atom stereocenters. The molecule has 1 aromatic carbocycles. The Labute approximate surface area is 118 Å². The summed E-state index contributed by atoms with van der Waals surface area (Å²) < 4.78 is 5.15. The highest BCUT2D eigenvalue weighted by Crippen LogP contribution is 2.17. The van der Waals surface area contributed by atoms with Gasteiger partial charge in [0.2, 0.25) is 11.7 Å². The van der Waals surface area contributed by atoms with Crippen LogP contribution in [0.2, 0.25) is 5.02 Å². The van der Waals surface area contributed by atoms with Gasteiger partial charge in [0.05, 0.1) is 12.1 Å². The summed E-state index contributed by atoms with van der Waals surface area (Å²) in [5, 5.41) is 9.64. The largest absolute Gasteiger partial charge is 0.376 e. The molecule has 5 nitrogen and oxygen atoms in total. The van der Waals surface area contributed by atoms with Crippen molar-refractivity contribution in [2.45, 2.75) is 6.54 Å². The van der Waals surface area contributed by atoms with Crippen molar-refractivity contribution in [2.24, 2.45) is 0 Å². The Morgan fingerprint density at radius 3 is 2.84 bits per heavy atom. The van der Waals surface area contributed by atoms with Gasteiger partial charge in [-0.05, 0) is 24.3 Å². The Morgan fingerprint density at radius 2 is 2.11 bits per heavy atom. The van der Waals surface area contributed by atoms with Crippen LogP contribution in [0.1, 0.15) is 5.89 Å². The molecule has 0 atom stereocenters. The van der Waals surface area contributed by atoms with Gasteiger partial charge in [0.1, 0.15) is 5.69 Å². The van der Waals surface area contributed by atoms with Gasteiger partial charge >= 0.3 is 0 Å². The Kier molecular flexibility index (Phi) is 3.43. The summed E-state index contributed by atoms with van der Waals surface area (Å²) in [6, 6.07) is 7.41. The maximum Gasteiger partial charge on any atom is 0.246 e. The topological polar surface area (TPSA) is 63.8 Å². The molecule has 0 amide bonds. The lowest BCUT2D eigenvalue weighted by atomic mass is 10.3. The molecule has 19 heavy (non-hydrogen) atoms. The number of hydrogen-bond donors (Lipinski definition) is 1. The predicted octanol–water partition coefficient (Wildman–Crippen LogP) is 3.46. The van der Waals surface area contributed by atoms with Crippen molar-refractivity contribution in [3.8, 4) is 11.5 Å². The fraction of sp³-hybridized carbons (Fsp3) is 0.0833. The predicted molar refractivity (Wildman–Crippen MR) is 74.2 cm³/mol. The highest BCUT2D eigenvalue weighted by atomic mass is 35.5. The molecule has 0 fully saturated rings. The average molecular weight is 293 g/mol. The highest BCUT2D eigenvalue weighted by Gasteiger charge is 2.09. The number of nitrogens with one attached hydrogen (secondary N) is 1. The van der Waals surface area contributed by atoms with E-state index in [1.165, 1.54) is 11.3 Å². The second-order valence-electron chi connectivity index (χ2n) is 3.75. The zero-order chi connectivity index (χ0) is 13.1. The van der Waals surface area contributed by atoms with Crippen LogP contribution in [-0.4, -0.2) is 15.1 Å². The van der Waals surface area contributed by atoms with Crippen LogP contribution < -0.4 is 5.32 Å². The molecule has 0 saturated carbocycles. The number of anilines is 1. The third kappa shape index (κ3) is 2.91. The highest BCUT2D eigenvalue weighted by molar-refractivity contribution is 7.07. The van der Waals surface area contributed by atoms with Crippen molar-refractivity contribution in [3.63, 3.8) is 0 Å². The smallest absolute Gasteiger partial charge is 0.246 e. The maximum atomic E-state index is 5.81. The number of rotatable bonds is 4. The van der Waals surface area contributed by atoms with Gasteiger partial charge < -0.3 is 9.84 Å². The molecular formula is C12H9ClN4OS. The van der Waals surface area contributed by atoms with Crippen LogP contribution in [0.4, 0.5) is 5.69 Å². The average Bonchev–Trinajstić information content (AvgIpc) is 3.09. The Morgan fingerprint density at radius 1 is 1.26 bits per heavy atom. The summed E-state index contributed by atoms with van der Waals surface area (Å²) in [5.74, 6) is 1.02. The molecule has 96 valence electrons. The van der Waals surface area contributed by atoms with E-state index in [9.17, 15) is 0 Å². The minimum atomic E-state index is 0.457. The van der Waals surface area contributed by atoms with Gasteiger partial charge in [-0.15, -0.1) is 11.3 Å². The third-order valence-corrected chi connectivity index (χ3v) is 3.26. The standard InChI is InChI=1S/C12H9ClN4OS/c13-8-1-3-9(4-2-8)14-5-11-16-12(17-18-11)10-6-19-7-15-10/h1-4,6-7,14H,5H2. The van der Waals surface area contributed by atoms with Crippen molar-refractivity contribution < 1.29 is 4.52 Å². The van der Waals surface area contributed by atoms with Gasteiger partial charge in [-0.25, -0.2) is 4.98 Å². The summed E-state index contributed by atoms with van der Waals surface area (Å²) in [6.07, 6.45) is 0. The van der Waals surface area contributed by atoms with E-state index in [0.29, 0.717) is 23.3 Å². The fourth-order valence-corrected chi connectivity index (χ4v) is 2.16. The normalized spacial score (nSPS) is 10.6. The lowest BCUT2D eigenvalue weighted by Gasteiger charge is -2.02. The van der Waals surface area contributed by atoms with Crippen LogP contribution >= 0.6 is 22.9 Å². The maximum absolute atomic E-state index is 5.81. The molecule has 0 radical (unpaired) electrons. The Bertz CT molecular complexity index is 651. The van der Waals surface area contributed by atoms with Crippen molar-refractivity contribution in [3.05, 3.63) is 46.1 Å². The summed E-state index contributed by atoms with van der Waals surface area (Å²) in [7, 11) is 0. The van der Waals surface area contributed by atoms with Gasteiger partial charge in [0, 0.05) is 16.1 Å². The van der Waals surface area contributed by atoms with Crippen molar-refractivity contribution in [1.29, 1.82) is 0 Å². The first kappa shape index (κ1) is 12.1. The van der Waals surface area contributed by atoms with Gasteiger partial charge in [-0.3, -0.25) is 0 Å². The van der Waals surface area contributed by atoms with Crippen LogP contribution in [0, 0.1) is 0 Å². The molecule has 7 heteroatoms. The first-order chi connectivity index (χ1) is 9.31. The molecule has 0 spiro atoms. The molecular weight excluding hydrogens is 284 g/mol. The molecule has 0 aliphatic carbocycles. The van der Waals surface area contributed by atoms with Gasteiger partial charge in [0.15, 0.2) is 0 Å². The molecule has 0 saturated heterocycles. The molecule has 0 aliphatic rings. The minimum absolute atomic E-state index is 0.457. The molecule has 0 bridgehead atoms. The van der Waals surface area contributed by atoms with Crippen molar-refractivity contribution in [1.82, 2.24) is 15.1 Å². The third-order valence-electron chi connectivity index (χ3n) is 2.42. The van der Waals surface area contributed by atoms with E-state index >= 15 is 0 Å². The van der Waals surface area contributed by atoms with E-state index in [4.69, 9.17) is 16.1 Å². The zero-order valence-electron chi connectivity index (χ0n) is 9.71. The lowest BCUT2D eigenvalue weighted by molar-refractivity contribution is 0.384. The van der Waals surface area contributed by atoms with Crippen LogP contribution in [0.15, 0.2) is 39.7 Å². The molecule has 0 aliphatic heterocycles. The number of thiazole rings is 1. The summed E-state index contributed by atoms with van der Waals surface area (Å²) in [5.41, 5.74) is 3.40. The Hall–Kier alpha value is -1.92. The molecule has 3 rings (SSSR count). The Balaban J connectivity index is 1.66. The van der Waals surface area contributed by atoms with E-state index in [0.717, 1.165) is 11.4 Å². The first-order valence-corrected chi connectivity index (χ1v) is 6.84. The monoisotopic (exact) mass is 292 g/mol. The SMILES string of the molecule is Clc1ccc(NCc2nc(-c3cscn3)no2)cc1. The lowest BCUT2D eigenvalue weighted by Crippen LogP contribution is -1.99. The van der Waals surface area contributed by atoms with Gasteiger partial charge in [0.25, 0.3) is 0 Å². The molecule has 1 N–H and O–H groups in total. The number of halogens is 1. The first-order valence-electron chi connectivity index (χ1n) is 5.52. The summed E-state index contributed by atoms with van der Waals surface area (Å²) >= 11 is 7.31. The number of nitrogens with zero attached hydrogens (tertiary/aromatic N) is 3. The quantitative estimate of drug-likeness (QED) is 0.798. The van der Waals surface area contributed by atoms with Crippen molar-refractivity contribution in [2.75, 3.05) is 5.32 Å². The summed E-state index contributed by atoms with van der Waals surface area (Å²) in [6.45, 7) is 0.457. The van der Waals surface area contributed by atoms with Gasteiger partial charge in [-0.1, -0.05) is 16.8 Å². The van der Waals surface area contributed by atoms with Gasteiger partial charge in [-0.2, -0.15) is 4.98 Å². The van der Waals surface area contributed by atoms with E-state index in [-0.39, 0.29) is 0 Å².